The van der Waals surface area contributed by atoms with Crippen LogP contribution in [-0.2, 0) is 22.5 Å². The van der Waals surface area contributed by atoms with Crippen LogP contribution in [0.5, 0.6) is 0 Å². The molecule has 1 aromatic rings. The number of ether oxygens (including phenoxy) is 1. The van der Waals surface area contributed by atoms with Gasteiger partial charge in [-0.1, -0.05) is 52.0 Å². The molecule has 0 fully saturated rings. The molecule has 20 heavy (non-hydrogen) atoms. The molecule has 0 radical (unpaired) electrons. The van der Waals surface area contributed by atoms with Gasteiger partial charge < -0.3 is 10.1 Å². The molecule has 0 aromatic heterocycles. The monoisotopic (exact) mass is 277 g/mol. The first-order chi connectivity index (χ1) is 9.36. The number of hydrogen-bond donors (Lipinski definition) is 1. The minimum absolute atomic E-state index is 0.194. The minimum atomic E-state index is -0.194. The molecule has 112 valence electrons. The molecule has 0 heterocycles. The molecule has 0 amide bonds. The number of carbonyl (C=O) groups is 1. The van der Waals surface area contributed by atoms with E-state index in [2.05, 4.69) is 39.1 Å². The second-order valence-electron chi connectivity index (χ2n) is 6.27. The predicted molar refractivity (Wildman–Crippen MR) is 82.5 cm³/mol. The van der Waals surface area contributed by atoms with E-state index in [1.54, 1.807) is 0 Å². The van der Waals surface area contributed by atoms with Crippen molar-refractivity contribution in [2.45, 2.75) is 40.7 Å². The Morgan fingerprint density at radius 2 is 1.85 bits per heavy atom. The van der Waals surface area contributed by atoms with Crippen molar-refractivity contribution in [1.82, 2.24) is 5.32 Å². The molecule has 0 spiro atoms. The van der Waals surface area contributed by atoms with Crippen LogP contribution in [0, 0.1) is 11.3 Å². The Labute approximate surface area is 122 Å². The zero-order chi connectivity index (χ0) is 15.2. The van der Waals surface area contributed by atoms with Crippen LogP contribution in [0.1, 0.15) is 38.8 Å². The third-order valence-corrected chi connectivity index (χ3v) is 4.14. The number of hydrogen-bond acceptors (Lipinski definition) is 3. The Kier molecular flexibility index (Phi) is 6.21. The number of benzene rings is 1. The van der Waals surface area contributed by atoms with Gasteiger partial charge in [0.05, 0.1) is 13.5 Å². The Morgan fingerprint density at radius 3 is 2.40 bits per heavy atom. The molecule has 0 aliphatic rings. The molecule has 3 heteroatoms. The highest BCUT2D eigenvalue weighted by atomic mass is 16.5. The molecule has 0 saturated carbocycles. The van der Waals surface area contributed by atoms with Crippen molar-refractivity contribution in [3.63, 3.8) is 0 Å². The molecular weight excluding hydrogens is 250 g/mol. The Bertz CT molecular complexity index is 438. The van der Waals surface area contributed by atoms with Crippen LogP contribution in [0.15, 0.2) is 24.3 Å². The normalized spacial score (nSPS) is 11.7. The summed E-state index contributed by atoms with van der Waals surface area (Å²) in [7, 11) is 1.42. The summed E-state index contributed by atoms with van der Waals surface area (Å²) >= 11 is 0. The van der Waals surface area contributed by atoms with Crippen molar-refractivity contribution in [2.75, 3.05) is 13.7 Å². The first kappa shape index (κ1) is 16.7. The predicted octanol–water partition coefficient (Wildman–Crippen LogP) is 3.17. The molecule has 1 N–H and O–H groups in total. The van der Waals surface area contributed by atoms with Gasteiger partial charge in [-0.05, 0) is 22.5 Å². The lowest BCUT2D eigenvalue weighted by Crippen LogP contribution is -2.33. The van der Waals surface area contributed by atoms with Gasteiger partial charge in [0, 0.05) is 13.1 Å². The van der Waals surface area contributed by atoms with Crippen LogP contribution in [0.3, 0.4) is 0 Å². The maximum Gasteiger partial charge on any atom is 0.309 e. The maximum absolute atomic E-state index is 11.4. The van der Waals surface area contributed by atoms with Crippen LogP contribution in [0.4, 0.5) is 0 Å². The van der Waals surface area contributed by atoms with Crippen molar-refractivity contribution >= 4 is 5.97 Å². The third-order valence-electron chi connectivity index (χ3n) is 4.14. The van der Waals surface area contributed by atoms with E-state index in [4.69, 9.17) is 4.74 Å². The van der Waals surface area contributed by atoms with Gasteiger partial charge in [0.1, 0.15) is 0 Å². The molecule has 0 saturated heterocycles. The lowest BCUT2D eigenvalue weighted by Gasteiger charge is -2.29. The molecule has 0 atom stereocenters. The van der Waals surface area contributed by atoms with E-state index >= 15 is 0 Å². The summed E-state index contributed by atoms with van der Waals surface area (Å²) in [6.07, 6.45) is 0.335. The highest BCUT2D eigenvalue weighted by Crippen LogP contribution is 2.24. The first-order valence-corrected chi connectivity index (χ1v) is 7.21. The van der Waals surface area contributed by atoms with Gasteiger partial charge >= 0.3 is 5.97 Å². The van der Waals surface area contributed by atoms with E-state index < -0.39 is 0 Å². The summed E-state index contributed by atoms with van der Waals surface area (Å²) in [5, 5.41) is 3.50. The van der Waals surface area contributed by atoms with E-state index in [-0.39, 0.29) is 11.4 Å². The molecule has 1 aromatic carbocycles. The summed E-state index contributed by atoms with van der Waals surface area (Å²) in [5.41, 5.74) is 2.46. The third kappa shape index (κ3) is 4.97. The average molecular weight is 277 g/mol. The van der Waals surface area contributed by atoms with Crippen molar-refractivity contribution in [1.29, 1.82) is 0 Å². The molecule has 1 rings (SSSR count). The van der Waals surface area contributed by atoms with Crippen molar-refractivity contribution in [3.8, 4) is 0 Å². The number of esters is 1. The van der Waals surface area contributed by atoms with Crippen LogP contribution in [-0.4, -0.2) is 19.6 Å². The number of methoxy groups -OCH3 is 1. The van der Waals surface area contributed by atoms with E-state index in [0.29, 0.717) is 12.3 Å². The largest absolute Gasteiger partial charge is 0.469 e. The Hall–Kier alpha value is -1.35. The van der Waals surface area contributed by atoms with Crippen LogP contribution >= 0.6 is 0 Å². The van der Waals surface area contributed by atoms with E-state index in [1.807, 2.05) is 18.2 Å². The van der Waals surface area contributed by atoms with Crippen LogP contribution in [0.25, 0.3) is 0 Å². The lowest BCUT2D eigenvalue weighted by molar-refractivity contribution is -0.139. The quantitative estimate of drug-likeness (QED) is 0.778. The van der Waals surface area contributed by atoms with Gasteiger partial charge in [-0.25, -0.2) is 0 Å². The van der Waals surface area contributed by atoms with E-state index in [0.717, 1.165) is 24.2 Å². The minimum Gasteiger partial charge on any atom is -0.469 e. The molecule has 0 aliphatic heterocycles. The summed E-state index contributed by atoms with van der Waals surface area (Å²) in [5.74, 6) is 0.431. The fraction of sp³-hybridized carbons (Fsp3) is 0.588. The summed E-state index contributed by atoms with van der Waals surface area (Å²) in [6.45, 7) is 10.8. The smallest absolute Gasteiger partial charge is 0.309 e. The molecule has 3 nitrogen and oxygen atoms in total. The van der Waals surface area contributed by atoms with Crippen LogP contribution in [0.2, 0.25) is 0 Å². The highest BCUT2D eigenvalue weighted by molar-refractivity contribution is 5.72. The second-order valence-corrected chi connectivity index (χ2v) is 6.27. The molecular formula is C17H27NO2. The fourth-order valence-corrected chi connectivity index (χ4v) is 1.85. The average Bonchev–Trinajstić information content (AvgIpc) is 2.40. The topological polar surface area (TPSA) is 38.3 Å². The molecule has 0 bridgehead atoms. The SMILES string of the molecule is COC(=O)Cc1ccccc1CNCC(C)(C)C(C)C. The zero-order valence-electron chi connectivity index (χ0n) is 13.3. The van der Waals surface area contributed by atoms with E-state index in [1.165, 1.54) is 7.11 Å². The first-order valence-electron chi connectivity index (χ1n) is 7.21. The van der Waals surface area contributed by atoms with E-state index in [9.17, 15) is 4.79 Å². The molecule has 0 aliphatic carbocycles. The summed E-state index contributed by atoms with van der Waals surface area (Å²) in [6, 6.07) is 8.01. The van der Waals surface area contributed by atoms with Gasteiger partial charge in [-0.15, -0.1) is 0 Å². The fourth-order valence-electron chi connectivity index (χ4n) is 1.85. The summed E-state index contributed by atoms with van der Waals surface area (Å²) < 4.78 is 4.74. The van der Waals surface area contributed by atoms with Crippen molar-refractivity contribution < 1.29 is 9.53 Å². The van der Waals surface area contributed by atoms with Gasteiger partial charge in [0.15, 0.2) is 0 Å². The number of nitrogens with one attached hydrogen (secondary N) is 1. The number of carbonyl (C=O) groups excluding carboxylic acids is 1. The lowest BCUT2D eigenvalue weighted by atomic mass is 9.81. The van der Waals surface area contributed by atoms with Crippen LogP contribution < -0.4 is 5.32 Å². The highest BCUT2D eigenvalue weighted by Gasteiger charge is 2.21. The zero-order valence-corrected chi connectivity index (χ0v) is 13.3. The Morgan fingerprint density at radius 1 is 1.25 bits per heavy atom. The van der Waals surface area contributed by atoms with Gasteiger partial charge in [-0.2, -0.15) is 0 Å². The van der Waals surface area contributed by atoms with Crippen molar-refractivity contribution in [3.05, 3.63) is 35.4 Å². The number of rotatable bonds is 7. The van der Waals surface area contributed by atoms with Crippen molar-refractivity contribution in [2.24, 2.45) is 11.3 Å². The van der Waals surface area contributed by atoms with Gasteiger partial charge in [0.25, 0.3) is 0 Å². The molecule has 0 unspecified atom stereocenters. The standard InChI is InChI=1S/C17H27NO2/c1-13(2)17(3,4)12-18-11-15-9-7-6-8-14(15)10-16(19)20-5/h6-9,13,18H,10-12H2,1-5H3. The maximum atomic E-state index is 11.4. The van der Waals surface area contributed by atoms with Gasteiger partial charge in [-0.3, -0.25) is 4.79 Å². The Balaban J connectivity index is 2.62. The second kappa shape index (κ2) is 7.44. The van der Waals surface area contributed by atoms with Gasteiger partial charge in [0.2, 0.25) is 0 Å². The summed E-state index contributed by atoms with van der Waals surface area (Å²) in [4.78, 5) is 11.4.